The van der Waals surface area contributed by atoms with Gasteiger partial charge in [-0.3, -0.25) is 9.59 Å². The topological polar surface area (TPSA) is 102 Å². The molecule has 0 aliphatic carbocycles. The van der Waals surface area contributed by atoms with E-state index < -0.39 is 11.4 Å². The van der Waals surface area contributed by atoms with E-state index in [2.05, 4.69) is 4.74 Å². The van der Waals surface area contributed by atoms with Crippen molar-refractivity contribution >= 4 is 17.9 Å². The molecule has 0 saturated carbocycles. The zero-order valence-electron chi connectivity index (χ0n) is 21.4. The number of rotatable bonds is 9. The molecule has 0 aromatic carbocycles. The number of esters is 2. The van der Waals surface area contributed by atoms with Gasteiger partial charge in [0, 0.05) is 18.5 Å². The number of ether oxygens (including phenoxy) is 3. The second-order valence-electron chi connectivity index (χ2n) is 8.62. The van der Waals surface area contributed by atoms with E-state index in [0.717, 1.165) is 12.8 Å². The van der Waals surface area contributed by atoms with Crippen molar-refractivity contribution in [3.05, 3.63) is 0 Å². The van der Waals surface area contributed by atoms with E-state index in [-0.39, 0.29) is 52.3 Å². The van der Waals surface area contributed by atoms with Gasteiger partial charge in [0.15, 0.2) is 0 Å². The van der Waals surface area contributed by atoms with Crippen LogP contribution in [0.5, 0.6) is 0 Å². The largest absolute Gasteiger partial charge is 1.00 e. The van der Waals surface area contributed by atoms with Crippen LogP contribution >= 0.6 is 0 Å². The van der Waals surface area contributed by atoms with Gasteiger partial charge in [0.1, 0.15) is 6.61 Å². The molecule has 0 N–H and O–H groups in total. The number of carboxylic acids is 1. The van der Waals surface area contributed by atoms with E-state index in [4.69, 9.17) is 9.47 Å². The zero-order chi connectivity index (χ0) is 23.9. The summed E-state index contributed by atoms with van der Waals surface area (Å²) in [5.41, 5.74) is -1.33. The van der Waals surface area contributed by atoms with E-state index in [9.17, 15) is 19.5 Å². The van der Waals surface area contributed by atoms with E-state index in [1.54, 1.807) is 21.0 Å². The number of hydrogen-bond acceptors (Lipinski definition) is 7. The molecule has 0 heterocycles. The normalized spacial score (nSPS) is 10.9. The number of methoxy groups -OCH3 is 2. The van der Waals surface area contributed by atoms with E-state index in [1.807, 2.05) is 48.5 Å². The van der Waals surface area contributed by atoms with Gasteiger partial charge in [0.05, 0.1) is 24.5 Å². The Labute approximate surface area is 205 Å². The van der Waals surface area contributed by atoms with Crippen LogP contribution in [0.25, 0.3) is 0 Å². The summed E-state index contributed by atoms with van der Waals surface area (Å²) in [6.07, 6.45) is 2.23. The van der Waals surface area contributed by atoms with Gasteiger partial charge in [-0.25, -0.2) is 0 Å². The predicted octanol–water partition coefficient (Wildman–Crippen LogP) is 0.384. The van der Waals surface area contributed by atoms with Gasteiger partial charge >= 0.3 is 41.5 Å². The Balaban J connectivity index is -0.000000170. The van der Waals surface area contributed by atoms with Gasteiger partial charge < -0.3 is 24.1 Å². The number of carboxylic acid groups (broad SMARTS) is 1. The third-order valence-electron chi connectivity index (χ3n) is 5.02. The minimum absolute atomic E-state index is 0. The van der Waals surface area contributed by atoms with Gasteiger partial charge in [0.2, 0.25) is 0 Å². The SMILES string of the molecule is CCC(C)(C)C(=O)OC.CCC(C)(C)C(=O)OCCOC.CCC(C)(C)C(=O)[O-].[Na+]. The molecule has 0 fully saturated rings. The molecule has 0 aliphatic heterocycles. The monoisotopic (exact) mass is 442 g/mol. The Morgan fingerprint density at radius 2 is 1.07 bits per heavy atom. The molecule has 0 aromatic heterocycles. The summed E-state index contributed by atoms with van der Waals surface area (Å²) in [4.78, 5) is 32.3. The fourth-order valence-electron chi connectivity index (χ4n) is 1.12. The Morgan fingerprint density at radius 1 is 0.700 bits per heavy atom. The molecule has 0 amide bonds. The van der Waals surface area contributed by atoms with Crippen molar-refractivity contribution in [2.24, 2.45) is 16.2 Å². The van der Waals surface area contributed by atoms with E-state index >= 15 is 0 Å². The molecule has 0 rings (SSSR count). The van der Waals surface area contributed by atoms with Crippen molar-refractivity contribution in [2.45, 2.75) is 81.6 Å². The molecule has 0 aliphatic rings. The average molecular weight is 443 g/mol. The Morgan fingerprint density at radius 3 is 1.27 bits per heavy atom. The summed E-state index contributed by atoms with van der Waals surface area (Å²) in [5.74, 6) is -1.26. The number of carbonyl (C=O) groups is 3. The first-order valence-electron chi connectivity index (χ1n) is 10.1. The minimum atomic E-state index is -0.972. The fraction of sp³-hybridized carbons (Fsp3) is 0.864. The standard InChI is InChI=1S/C9H18O3.C7H14O2.C6H12O2.Na/c1-5-9(2,3)8(10)12-7-6-11-4;1-5-7(2,3)6(8)9-4;1-4-6(2,3)5(7)8;/h5-7H2,1-4H3;5H2,1-4H3;4H2,1-3H3,(H,7,8);/q;;;+1/p-1. The number of carbonyl (C=O) groups excluding carboxylic acids is 3. The molecular weight excluding hydrogens is 399 g/mol. The molecule has 30 heavy (non-hydrogen) atoms. The molecule has 0 saturated heterocycles. The molecule has 0 bridgehead atoms. The number of hydrogen-bond donors (Lipinski definition) is 0. The van der Waals surface area contributed by atoms with Crippen molar-refractivity contribution in [2.75, 3.05) is 27.4 Å². The van der Waals surface area contributed by atoms with E-state index in [0.29, 0.717) is 19.6 Å². The summed E-state index contributed by atoms with van der Waals surface area (Å²) in [6, 6.07) is 0. The fourth-order valence-corrected chi connectivity index (χ4v) is 1.12. The molecule has 0 atom stereocenters. The van der Waals surface area contributed by atoms with Crippen LogP contribution in [-0.4, -0.2) is 45.3 Å². The second-order valence-corrected chi connectivity index (χ2v) is 8.62. The molecule has 8 heteroatoms. The summed E-state index contributed by atoms with van der Waals surface area (Å²) < 4.78 is 14.3. The maximum Gasteiger partial charge on any atom is 1.00 e. The van der Waals surface area contributed by atoms with Crippen LogP contribution in [0.3, 0.4) is 0 Å². The van der Waals surface area contributed by atoms with Crippen molar-refractivity contribution in [3.63, 3.8) is 0 Å². The third kappa shape index (κ3) is 17.1. The smallest absolute Gasteiger partial charge is 0.550 e. The average Bonchev–Trinajstić information content (AvgIpc) is 2.68. The first kappa shape index (κ1) is 36.7. The van der Waals surface area contributed by atoms with Crippen LogP contribution in [0.1, 0.15) is 81.6 Å². The van der Waals surface area contributed by atoms with Crippen LogP contribution < -0.4 is 34.7 Å². The van der Waals surface area contributed by atoms with Gasteiger partial charge in [-0.05, 0) is 47.0 Å². The Bertz CT molecular complexity index is 486. The molecule has 0 aromatic rings. The van der Waals surface area contributed by atoms with Gasteiger partial charge in [-0.15, -0.1) is 0 Å². The van der Waals surface area contributed by atoms with Crippen molar-refractivity contribution in [1.82, 2.24) is 0 Å². The maximum absolute atomic E-state index is 11.3. The summed E-state index contributed by atoms with van der Waals surface area (Å²) in [5, 5.41) is 10.1. The van der Waals surface area contributed by atoms with Crippen LogP contribution in [-0.2, 0) is 28.6 Å². The predicted molar refractivity (Wildman–Crippen MR) is 112 cm³/mol. The van der Waals surface area contributed by atoms with Crippen molar-refractivity contribution < 1.29 is 63.3 Å². The quantitative estimate of drug-likeness (QED) is 0.289. The van der Waals surface area contributed by atoms with Crippen LogP contribution in [0.2, 0.25) is 0 Å². The second kappa shape index (κ2) is 18.0. The van der Waals surface area contributed by atoms with Gasteiger partial charge in [0.25, 0.3) is 0 Å². The van der Waals surface area contributed by atoms with Gasteiger partial charge in [-0.1, -0.05) is 34.6 Å². The first-order valence-corrected chi connectivity index (χ1v) is 10.1. The molecule has 7 nitrogen and oxygen atoms in total. The Kier molecular flexibility index (Phi) is 22.0. The van der Waals surface area contributed by atoms with Crippen molar-refractivity contribution in [1.29, 1.82) is 0 Å². The molecule has 0 radical (unpaired) electrons. The first-order chi connectivity index (χ1) is 13.1. The molecular formula is C22H43NaO7. The van der Waals surface area contributed by atoms with Gasteiger partial charge in [-0.2, -0.15) is 0 Å². The van der Waals surface area contributed by atoms with Crippen LogP contribution in [0, 0.1) is 16.2 Å². The van der Waals surface area contributed by atoms with Crippen molar-refractivity contribution in [3.8, 4) is 0 Å². The minimum Gasteiger partial charge on any atom is -0.550 e. The maximum atomic E-state index is 11.3. The summed E-state index contributed by atoms with van der Waals surface area (Å²) >= 11 is 0. The zero-order valence-corrected chi connectivity index (χ0v) is 23.4. The summed E-state index contributed by atoms with van der Waals surface area (Å²) in [7, 11) is 3.00. The third-order valence-corrected chi connectivity index (χ3v) is 5.02. The number of aliphatic carboxylic acids is 1. The Hall–Kier alpha value is -0.630. The molecule has 0 unspecified atom stereocenters. The van der Waals surface area contributed by atoms with E-state index in [1.165, 1.54) is 7.11 Å². The molecule has 0 spiro atoms. The van der Waals surface area contributed by atoms with Crippen LogP contribution in [0.15, 0.2) is 0 Å². The molecule has 174 valence electrons. The van der Waals surface area contributed by atoms with Crippen LogP contribution in [0.4, 0.5) is 0 Å². The summed E-state index contributed by atoms with van der Waals surface area (Å²) in [6.45, 7) is 17.4.